The van der Waals surface area contributed by atoms with Crippen molar-refractivity contribution in [3.8, 4) is 0 Å². The lowest BCUT2D eigenvalue weighted by Crippen LogP contribution is -1.92. The van der Waals surface area contributed by atoms with Gasteiger partial charge in [-0.1, -0.05) is 54.2 Å². The van der Waals surface area contributed by atoms with Crippen LogP contribution >= 0.6 is 57.4 Å². The van der Waals surface area contributed by atoms with Gasteiger partial charge < -0.3 is 0 Å². The van der Waals surface area contributed by atoms with Crippen LogP contribution in [0.3, 0.4) is 0 Å². The van der Waals surface area contributed by atoms with E-state index in [2.05, 4.69) is 101 Å². The minimum absolute atomic E-state index is 0.869. The molecule has 0 saturated carbocycles. The van der Waals surface area contributed by atoms with E-state index in [1.165, 1.54) is 18.3 Å². The third-order valence-electron chi connectivity index (χ3n) is 2.71. The van der Waals surface area contributed by atoms with Gasteiger partial charge in [0.25, 0.3) is 0 Å². The van der Waals surface area contributed by atoms with E-state index in [-0.39, 0.29) is 0 Å². The molecular formula is C16H12I2S. The minimum atomic E-state index is 0.869. The van der Waals surface area contributed by atoms with Crippen molar-refractivity contribution in [2.45, 2.75) is 6.92 Å². The lowest BCUT2D eigenvalue weighted by atomic mass is 10.1. The van der Waals surface area contributed by atoms with Gasteiger partial charge in [-0.25, -0.2) is 0 Å². The molecular weight excluding hydrogens is 478 g/mol. The standard InChI is InChI=1S/C16H12I2S/c1-11-2-6-13(7-3-11)16(19)9-5-12-4-8-14(17)15(18)10-12/h2-10H,1H3. The Morgan fingerprint density at radius 1 is 1.00 bits per heavy atom. The predicted molar refractivity (Wildman–Crippen MR) is 104 cm³/mol. The van der Waals surface area contributed by atoms with E-state index in [4.69, 9.17) is 12.2 Å². The number of hydrogen-bond donors (Lipinski definition) is 0. The van der Waals surface area contributed by atoms with Gasteiger partial charge in [0, 0.05) is 12.0 Å². The number of halogens is 2. The lowest BCUT2D eigenvalue weighted by Gasteiger charge is -2.01. The molecule has 3 heteroatoms. The summed E-state index contributed by atoms with van der Waals surface area (Å²) in [4.78, 5) is 0.869. The predicted octanol–water partition coefficient (Wildman–Crippen LogP) is 5.64. The largest absolute Gasteiger partial charge is 0.0795 e. The molecule has 0 radical (unpaired) electrons. The Kier molecular flexibility index (Phi) is 5.53. The van der Waals surface area contributed by atoms with Gasteiger partial charge in [0.2, 0.25) is 0 Å². The van der Waals surface area contributed by atoms with Gasteiger partial charge in [-0.3, -0.25) is 0 Å². The third kappa shape index (κ3) is 4.36. The number of allylic oxidation sites excluding steroid dienone is 1. The van der Waals surface area contributed by atoms with Crippen LogP contribution in [0.5, 0.6) is 0 Å². The molecule has 0 heterocycles. The van der Waals surface area contributed by atoms with Gasteiger partial charge in [-0.05, 0) is 81.4 Å². The number of hydrogen-bond acceptors (Lipinski definition) is 1. The highest BCUT2D eigenvalue weighted by Crippen LogP contribution is 2.17. The topological polar surface area (TPSA) is 0 Å². The van der Waals surface area contributed by atoms with Crippen molar-refractivity contribution in [3.05, 3.63) is 72.4 Å². The summed E-state index contributed by atoms with van der Waals surface area (Å²) in [5, 5.41) is 0. The van der Waals surface area contributed by atoms with E-state index >= 15 is 0 Å². The zero-order valence-electron chi connectivity index (χ0n) is 10.4. The van der Waals surface area contributed by atoms with Crippen LogP contribution in [0.4, 0.5) is 0 Å². The van der Waals surface area contributed by atoms with Gasteiger partial charge in [-0.2, -0.15) is 0 Å². The molecule has 0 aliphatic rings. The minimum Gasteiger partial charge on any atom is -0.0795 e. The second-order valence-corrected chi connectivity index (χ2v) is 7.00. The zero-order chi connectivity index (χ0) is 13.8. The Bertz CT molecular complexity index is 628. The monoisotopic (exact) mass is 490 g/mol. The Labute approximate surface area is 146 Å². The summed E-state index contributed by atoms with van der Waals surface area (Å²) in [6.07, 6.45) is 4.07. The third-order valence-corrected chi connectivity index (χ3v) is 5.94. The number of aryl methyl sites for hydroxylation is 1. The van der Waals surface area contributed by atoms with E-state index in [9.17, 15) is 0 Å². The maximum absolute atomic E-state index is 5.43. The van der Waals surface area contributed by atoms with Crippen molar-refractivity contribution >= 4 is 68.3 Å². The van der Waals surface area contributed by atoms with Gasteiger partial charge >= 0.3 is 0 Å². The summed E-state index contributed by atoms with van der Waals surface area (Å²) in [6, 6.07) is 14.7. The highest BCUT2D eigenvalue weighted by molar-refractivity contribution is 14.1. The highest BCUT2D eigenvalue weighted by atomic mass is 127. The fourth-order valence-corrected chi connectivity index (χ4v) is 2.68. The fourth-order valence-electron chi connectivity index (χ4n) is 1.60. The smallest absolute Gasteiger partial charge is 0.0449 e. The van der Waals surface area contributed by atoms with Crippen LogP contribution in [0.2, 0.25) is 0 Å². The van der Waals surface area contributed by atoms with Crippen LogP contribution in [0.15, 0.2) is 48.5 Å². The molecule has 0 aromatic heterocycles. The Morgan fingerprint density at radius 2 is 1.68 bits per heavy atom. The molecule has 2 aromatic rings. The van der Waals surface area contributed by atoms with Crippen molar-refractivity contribution in [2.75, 3.05) is 0 Å². The molecule has 0 spiro atoms. The molecule has 0 nitrogen and oxygen atoms in total. The van der Waals surface area contributed by atoms with Crippen molar-refractivity contribution in [3.63, 3.8) is 0 Å². The molecule has 96 valence electrons. The van der Waals surface area contributed by atoms with Gasteiger partial charge in [-0.15, -0.1) is 0 Å². The SMILES string of the molecule is Cc1ccc(C(=S)C=Cc2ccc(I)c(I)c2)cc1. The van der Waals surface area contributed by atoms with Crippen LogP contribution in [-0.4, -0.2) is 4.86 Å². The first kappa shape index (κ1) is 15.1. The number of rotatable bonds is 3. The molecule has 0 N–H and O–H groups in total. The molecule has 0 unspecified atom stereocenters. The van der Waals surface area contributed by atoms with Crippen LogP contribution in [-0.2, 0) is 0 Å². The van der Waals surface area contributed by atoms with E-state index in [1.807, 2.05) is 6.08 Å². The maximum Gasteiger partial charge on any atom is 0.0449 e. The molecule has 0 aliphatic carbocycles. The van der Waals surface area contributed by atoms with Gasteiger partial charge in [0.05, 0.1) is 0 Å². The maximum atomic E-state index is 5.43. The van der Waals surface area contributed by atoms with E-state index in [1.54, 1.807) is 0 Å². The first-order valence-electron chi connectivity index (χ1n) is 5.80. The zero-order valence-corrected chi connectivity index (χ0v) is 15.5. The first-order chi connectivity index (χ1) is 9.06. The van der Waals surface area contributed by atoms with Crippen LogP contribution in [0, 0.1) is 14.1 Å². The lowest BCUT2D eigenvalue weighted by molar-refractivity contribution is 1.47. The van der Waals surface area contributed by atoms with E-state index < -0.39 is 0 Å². The summed E-state index contributed by atoms with van der Waals surface area (Å²) in [5.41, 5.74) is 3.53. The summed E-state index contributed by atoms with van der Waals surface area (Å²) in [5.74, 6) is 0. The molecule has 0 amide bonds. The van der Waals surface area contributed by atoms with Crippen LogP contribution < -0.4 is 0 Å². The molecule has 0 fully saturated rings. The second kappa shape index (κ2) is 6.95. The van der Waals surface area contributed by atoms with Crippen LogP contribution in [0.1, 0.15) is 16.7 Å². The van der Waals surface area contributed by atoms with Crippen molar-refractivity contribution in [1.29, 1.82) is 0 Å². The average molecular weight is 490 g/mol. The summed E-state index contributed by atoms with van der Waals surface area (Å²) < 4.78 is 2.54. The quantitative estimate of drug-likeness (QED) is 0.233. The Balaban J connectivity index is 2.15. The first-order valence-corrected chi connectivity index (χ1v) is 8.37. The molecule has 0 bridgehead atoms. The number of thiocarbonyl (C=S) groups is 1. The molecule has 0 aliphatic heterocycles. The summed E-state index contributed by atoms with van der Waals surface area (Å²) >= 11 is 10.1. The molecule has 19 heavy (non-hydrogen) atoms. The van der Waals surface area contributed by atoms with Crippen molar-refractivity contribution in [1.82, 2.24) is 0 Å². The molecule has 0 atom stereocenters. The van der Waals surface area contributed by atoms with E-state index in [0.29, 0.717) is 0 Å². The Hall–Kier alpha value is -0.270. The molecule has 2 aromatic carbocycles. The molecule has 0 saturated heterocycles. The summed E-state index contributed by atoms with van der Waals surface area (Å²) in [6.45, 7) is 2.08. The van der Waals surface area contributed by atoms with Crippen molar-refractivity contribution in [2.24, 2.45) is 0 Å². The number of benzene rings is 2. The second-order valence-electron chi connectivity index (χ2n) is 4.24. The van der Waals surface area contributed by atoms with E-state index in [0.717, 1.165) is 10.4 Å². The average Bonchev–Trinajstić information content (AvgIpc) is 2.40. The Morgan fingerprint density at radius 3 is 2.32 bits per heavy atom. The van der Waals surface area contributed by atoms with Gasteiger partial charge in [0.15, 0.2) is 0 Å². The summed E-state index contributed by atoms with van der Waals surface area (Å²) in [7, 11) is 0. The molecule has 2 rings (SSSR count). The highest BCUT2D eigenvalue weighted by Gasteiger charge is 1.98. The normalized spacial score (nSPS) is 10.9. The van der Waals surface area contributed by atoms with Gasteiger partial charge in [0.1, 0.15) is 0 Å². The van der Waals surface area contributed by atoms with Crippen molar-refractivity contribution < 1.29 is 0 Å². The van der Waals surface area contributed by atoms with Crippen LogP contribution in [0.25, 0.3) is 6.08 Å². The fraction of sp³-hybridized carbons (Fsp3) is 0.0625.